The van der Waals surface area contributed by atoms with Crippen LogP contribution in [0.3, 0.4) is 0 Å². The van der Waals surface area contributed by atoms with E-state index in [4.69, 9.17) is 4.42 Å². The Morgan fingerprint density at radius 1 is 0.424 bits per heavy atom. The molecule has 0 N–H and O–H groups in total. The van der Waals surface area contributed by atoms with Gasteiger partial charge in [0.25, 0.3) is 0 Å². The van der Waals surface area contributed by atoms with Crippen LogP contribution in [-0.4, -0.2) is 0 Å². The summed E-state index contributed by atoms with van der Waals surface area (Å²) in [7, 11) is 0. The number of furan rings is 1. The standard InChI is InChI=1S/C57H41NO/c1-56(2,3)48-35-37-21-7-8-23-39(37)52-43-27-17-34-51(54(43)59-55(48)52)58(49-32-16-12-22-38(49)36-19-5-4-6-20-36)50-33-18-31-47-53(50)42-26-11-15-30-46(42)57(47)44-28-13-9-24-40(44)41-25-10-14-29-45(41)57/h4-35H,1-3H3. The lowest BCUT2D eigenvalue weighted by molar-refractivity contribution is 0.573. The van der Waals surface area contributed by atoms with Gasteiger partial charge in [-0.05, 0) is 85.0 Å². The number of nitrogens with zero attached hydrogens (tertiary/aromatic N) is 1. The van der Waals surface area contributed by atoms with Crippen LogP contribution < -0.4 is 4.90 Å². The first-order chi connectivity index (χ1) is 28.9. The molecule has 0 radical (unpaired) electrons. The molecule has 0 fully saturated rings. The van der Waals surface area contributed by atoms with Crippen LogP contribution in [0.2, 0.25) is 0 Å². The maximum atomic E-state index is 7.35. The number of fused-ring (bicyclic) bond motifs is 15. The van der Waals surface area contributed by atoms with Gasteiger partial charge < -0.3 is 9.32 Å². The third-order valence-corrected chi connectivity index (χ3v) is 13.0. The predicted octanol–water partition coefficient (Wildman–Crippen LogP) is 15.5. The smallest absolute Gasteiger partial charge is 0.159 e. The molecule has 0 saturated carbocycles. The van der Waals surface area contributed by atoms with Gasteiger partial charge in [-0.2, -0.15) is 0 Å². The van der Waals surface area contributed by atoms with Gasteiger partial charge in [0.15, 0.2) is 5.58 Å². The highest BCUT2D eigenvalue weighted by Gasteiger charge is 2.52. The van der Waals surface area contributed by atoms with Crippen molar-refractivity contribution in [2.75, 3.05) is 4.90 Å². The molecule has 10 aromatic rings. The molecule has 0 unspecified atom stereocenters. The number of hydrogen-bond donors (Lipinski definition) is 0. The van der Waals surface area contributed by atoms with Gasteiger partial charge in [-0.3, -0.25) is 0 Å². The van der Waals surface area contributed by atoms with E-state index in [1.165, 1.54) is 66.2 Å². The van der Waals surface area contributed by atoms with E-state index in [1.54, 1.807) is 0 Å². The first-order valence-corrected chi connectivity index (χ1v) is 20.7. The first-order valence-electron chi connectivity index (χ1n) is 20.7. The minimum Gasteiger partial charge on any atom is -0.454 e. The predicted molar refractivity (Wildman–Crippen MR) is 246 cm³/mol. The Hall–Kier alpha value is -7.16. The molecule has 12 rings (SSSR count). The molecule has 1 spiro atoms. The van der Waals surface area contributed by atoms with E-state index in [2.05, 4.69) is 220 Å². The molecule has 2 aliphatic rings. The summed E-state index contributed by atoms with van der Waals surface area (Å²) in [5.41, 5.74) is 18.3. The number of anilines is 3. The van der Waals surface area contributed by atoms with Crippen molar-refractivity contribution in [3.8, 4) is 33.4 Å². The topological polar surface area (TPSA) is 16.4 Å². The molecule has 9 aromatic carbocycles. The van der Waals surface area contributed by atoms with Crippen LogP contribution in [0.1, 0.15) is 48.6 Å². The van der Waals surface area contributed by atoms with Crippen LogP contribution in [-0.2, 0) is 10.8 Å². The summed E-state index contributed by atoms with van der Waals surface area (Å²) < 4.78 is 7.35. The second kappa shape index (κ2) is 12.4. The van der Waals surface area contributed by atoms with E-state index in [0.717, 1.165) is 44.7 Å². The zero-order chi connectivity index (χ0) is 39.5. The highest BCUT2D eigenvalue weighted by molar-refractivity contribution is 6.22. The van der Waals surface area contributed by atoms with Crippen LogP contribution in [0.4, 0.5) is 17.1 Å². The molecule has 0 atom stereocenters. The van der Waals surface area contributed by atoms with E-state index in [9.17, 15) is 0 Å². The monoisotopic (exact) mass is 755 g/mol. The summed E-state index contributed by atoms with van der Waals surface area (Å²) in [6.45, 7) is 6.85. The Balaban J connectivity index is 1.23. The molecule has 1 aromatic heterocycles. The molecule has 0 amide bonds. The molecule has 2 nitrogen and oxygen atoms in total. The molecular weight excluding hydrogens is 715 g/mol. The maximum absolute atomic E-state index is 7.35. The number of rotatable bonds is 4. The summed E-state index contributed by atoms with van der Waals surface area (Å²) >= 11 is 0. The van der Waals surface area contributed by atoms with E-state index >= 15 is 0 Å². The zero-order valence-corrected chi connectivity index (χ0v) is 33.3. The Bertz CT molecular complexity index is 3280. The Kier molecular flexibility index (Phi) is 7.14. The van der Waals surface area contributed by atoms with Gasteiger partial charge in [0.2, 0.25) is 0 Å². The molecule has 1 heterocycles. The van der Waals surface area contributed by atoms with E-state index in [-0.39, 0.29) is 5.41 Å². The summed E-state index contributed by atoms with van der Waals surface area (Å²) in [5.74, 6) is 0. The highest BCUT2D eigenvalue weighted by Crippen LogP contribution is 2.65. The van der Waals surface area contributed by atoms with Crippen LogP contribution in [0, 0.1) is 0 Å². The maximum Gasteiger partial charge on any atom is 0.159 e. The van der Waals surface area contributed by atoms with Crippen LogP contribution in [0.25, 0.3) is 66.1 Å². The van der Waals surface area contributed by atoms with E-state index < -0.39 is 5.41 Å². The Morgan fingerprint density at radius 2 is 0.949 bits per heavy atom. The minimum absolute atomic E-state index is 0.137. The van der Waals surface area contributed by atoms with Crippen LogP contribution in [0.15, 0.2) is 199 Å². The molecule has 2 aliphatic carbocycles. The second-order valence-corrected chi connectivity index (χ2v) is 17.2. The number of hydrogen-bond acceptors (Lipinski definition) is 2. The van der Waals surface area contributed by atoms with Gasteiger partial charge in [0.1, 0.15) is 5.58 Å². The van der Waals surface area contributed by atoms with E-state index in [0.29, 0.717) is 0 Å². The van der Waals surface area contributed by atoms with Crippen LogP contribution in [0.5, 0.6) is 0 Å². The molecule has 2 heteroatoms. The molecule has 0 bridgehead atoms. The van der Waals surface area contributed by atoms with Crippen LogP contribution >= 0.6 is 0 Å². The molecule has 59 heavy (non-hydrogen) atoms. The Labute approximate surface area is 344 Å². The minimum atomic E-state index is -0.467. The lowest BCUT2D eigenvalue weighted by Crippen LogP contribution is -2.26. The van der Waals surface area contributed by atoms with Crippen molar-refractivity contribution < 1.29 is 4.42 Å². The quantitative estimate of drug-likeness (QED) is 0.178. The summed E-state index contributed by atoms with van der Waals surface area (Å²) in [6, 6.07) is 71.6. The normalized spacial score (nSPS) is 13.5. The lowest BCUT2D eigenvalue weighted by Gasteiger charge is -2.32. The molecule has 280 valence electrons. The van der Waals surface area contributed by atoms with Gasteiger partial charge >= 0.3 is 0 Å². The highest BCUT2D eigenvalue weighted by atomic mass is 16.3. The average molecular weight is 756 g/mol. The fraction of sp³-hybridized carbons (Fsp3) is 0.0877. The van der Waals surface area contributed by atoms with Crippen molar-refractivity contribution in [2.45, 2.75) is 31.6 Å². The average Bonchev–Trinajstić information content (AvgIpc) is 3.92. The third kappa shape index (κ3) is 4.63. The van der Waals surface area contributed by atoms with Gasteiger partial charge in [-0.1, -0.05) is 191 Å². The van der Waals surface area contributed by atoms with Gasteiger partial charge in [0, 0.05) is 27.5 Å². The van der Waals surface area contributed by atoms with E-state index in [1.807, 2.05) is 0 Å². The molecular formula is C57H41NO. The first kappa shape index (κ1) is 33.9. The summed E-state index contributed by atoms with van der Waals surface area (Å²) in [6.07, 6.45) is 0. The fourth-order valence-electron chi connectivity index (χ4n) is 10.6. The second-order valence-electron chi connectivity index (χ2n) is 17.2. The number of para-hydroxylation sites is 2. The lowest BCUT2D eigenvalue weighted by atomic mass is 9.70. The SMILES string of the molecule is CC(C)(C)c1cc2ccccc2c2c1oc1c(N(c3ccccc3-c3ccccc3)c3cccc4c3-c3ccccc3C43c4ccccc4-c4ccccc43)cccc12. The summed E-state index contributed by atoms with van der Waals surface area (Å²) in [5, 5.41) is 4.72. The van der Waals surface area contributed by atoms with Gasteiger partial charge in [0.05, 0.1) is 22.5 Å². The van der Waals surface area contributed by atoms with Gasteiger partial charge in [-0.15, -0.1) is 0 Å². The molecule has 0 aliphatic heterocycles. The van der Waals surface area contributed by atoms with Crippen molar-refractivity contribution in [3.63, 3.8) is 0 Å². The zero-order valence-electron chi connectivity index (χ0n) is 33.3. The van der Waals surface area contributed by atoms with Crippen molar-refractivity contribution in [2.24, 2.45) is 0 Å². The van der Waals surface area contributed by atoms with Gasteiger partial charge in [-0.25, -0.2) is 0 Å². The van der Waals surface area contributed by atoms with Crippen molar-refractivity contribution >= 4 is 49.8 Å². The van der Waals surface area contributed by atoms with Crippen molar-refractivity contribution in [3.05, 3.63) is 222 Å². The van der Waals surface area contributed by atoms with Crippen molar-refractivity contribution in [1.82, 2.24) is 0 Å². The van der Waals surface area contributed by atoms with Crippen molar-refractivity contribution in [1.29, 1.82) is 0 Å². The number of benzene rings is 9. The largest absolute Gasteiger partial charge is 0.454 e. The third-order valence-electron chi connectivity index (χ3n) is 13.0. The Morgan fingerprint density at radius 3 is 1.68 bits per heavy atom. The summed E-state index contributed by atoms with van der Waals surface area (Å²) in [4.78, 5) is 2.49. The molecule has 0 saturated heterocycles. The fourth-order valence-corrected chi connectivity index (χ4v) is 10.6.